The molecule has 3 heterocycles. The molecule has 2 atom stereocenters. The van der Waals surface area contributed by atoms with Gasteiger partial charge < -0.3 is 15.2 Å². The minimum atomic E-state index is -0.874. The fourth-order valence-corrected chi connectivity index (χ4v) is 4.71. The highest BCUT2D eigenvalue weighted by atomic mass is 35.5. The van der Waals surface area contributed by atoms with Crippen LogP contribution in [0.4, 0.5) is 5.82 Å². The maximum absolute atomic E-state index is 11.9. The first kappa shape index (κ1) is 22.1. The lowest BCUT2D eigenvalue weighted by Gasteiger charge is -2.25. The number of carbonyl (C=O) groups is 1. The Morgan fingerprint density at radius 3 is 3.00 bits per heavy atom. The summed E-state index contributed by atoms with van der Waals surface area (Å²) in [5, 5.41) is 13.7. The molecular formula is C24H30ClN3O3. The van der Waals surface area contributed by atoms with Gasteiger partial charge in [0.2, 0.25) is 0 Å². The highest BCUT2D eigenvalue weighted by Crippen LogP contribution is 2.31. The summed E-state index contributed by atoms with van der Waals surface area (Å²) >= 11 is 6.26. The molecule has 0 amide bonds. The number of aliphatic carboxylic acids is 1. The van der Waals surface area contributed by atoms with Crippen LogP contribution in [0.25, 0.3) is 0 Å². The highest BCUT2D eigenvalue weighted by molar-refractivity contribution is 6.31. The molecule has 1 saturated heterocycles. The van der Waals surface area contributed by atoms with Crippen molar-refractivity contribution in [2.24, 2.45) is 0 Å². The van der Waals surface area contributed by atoms with Crippen molar-refractivity contribution in [2.45, 2.75) is 50.7 Å². The van der Waals surface area contributed by atoms with Crippen LogP contribution in [0.1, 0.15) is 48.5 Å². The monoisotopic (exact) mass is 443 g/mol. The molecule has 2 N–H and O–H groups in total. The normalized spacial score (nSPS) is 19.6. The molecule has 2 unspecified atom stereocenters. The molecule has 2 aromatic rings. The molecule has 0 saturated carbocycles. The van der Waals surface area contributed by atoms with Gasteiger partial charge in [0.1, 0.15) is 11.9 Å². The number of hydrogen-bond donors (Lipinski definition) is 2. The predicted octanol–water partition coefficient (Wildman–Crippen LogP) is 4.33. The smallest absolute Gasteiger partial charge is 0.325 e. The average Bonchev–Trinajstić information content (AvgIpc) is 3.23. The van der Waals surface area contributed by atoms with Gasteiger partial charge in [-0.25, -0.2) is 4.98 Å². The Bertz CT molecular complexity index is 907. The quantitative estimate of drug-likeness (QED) is 0.562. The highest BCUT2D eigenvalue weighted by Gasteiger charge is 2.34. The lowest BCUT2D eigenvalue weighted by molar-refractivity contribution is -0.143. The second-order valence-electron chi connectivity index (χ2n) is 8.34. The first-order chi connectivity index (χ1) is 15.1. The summed E-state index contributed by atoms with van der Waals surface area (Å²) in [6, 6.07) is 10.8. The zero-order valence-corrected chi connectivity index (χ0v) is 18.5. The Morgan fingerprint density at radius 1 is 1.29 bits per heavy atom. The second kappa shape index (κ2) is 10.4. The van der Waals surface area contributed by atoms with E-state index in [0.717, 1.165) is 50.2 Å². The van der Waals surface area contributed by atoms with Gasteiger partial charge >= 0.3 is 5.97 Å². The molecule has 166 valence electrons. The SMILES string of the molecule is O=C(O)C(c1ccccc1Cl)N1CCC(OCCCCc2ccc3c(n2)NCCC3)C1. The molecule has 1 aromatic carbocycles. The van der Waals surface area contributed by atoms with Crippen molar-refractivity contribution in [1.82, 2.24) is 9.88 Å². The van der Waals surface area contributed by atoms with Gasteiger partial charge in [-0.1, -0.05) is 35.9 Å². The van der Waals surface area contributed by atoms with Crippen LogP contribution < -0.4 is 5.32 Å². The maximum Gasteiger partial charge on any atom is 0.325 e. The molecule has 0 radical (unpaired) electrons. The Kier molecular flexibility index (Phi) is 7.43. The summed E-state index contributed by atoms with van der Waals surface area (Å²) in [5.74, 6) is 0.179. The van der Waals surface area contributed by atoms with Crippen LogP contribution in [-0.2, 0) is 22.4 Å². The predicted molar refractivity (Wildman–Crippen MR) is 122 cm³/mol. The van der Waals surface area contributed by atoms with Crippen molar-refractivity contribution >= 4 is 23.4 Å². The first-order valence-electron chi connectivity index (χ1n) is 11.2. The number of aryl methyl sites for hydroxylation is 2. The van der Waals surface area contributed by atoms with Crippen LogP contribution in [0.5, 0.6) is 0 Å². The van der Waals surface area contributed by atoms with Crippen molar-refractivity contribution in [3.8, 4) is 0 Å². The molecule has 1 aromatic heterocycles. The number of rotatable bonds is 9. The number of nitrogens with one attached hydrogen (secondary N) is 1. The molecule has 0 aliphatic carbocycles. The second-order valence-corrected chi connectivity index (χ2v) is 8.74. The van der Waals surface area contributed by atoms with Gasteiger partial charge in [0.05, 0.1) is 6.10 Å². The number of unbranched alkanes of at least 4 members (excludes halogenated alkanes) is 1. The molecule has 31 heavy (non-hydrogen) atoms. The minimum Gasteiger partial charge on any atom is -0.480 e. The Labute approximate surface area is 188 Å². The van der Waals surface area contributed by atoms with Crippen LogP contribution in [0, 0.1) is 0 Å². The number of anilines is 1. The van der Waals surface area contributed by atoms with Crippen LogP contribution >= 0.6 is 11.6 Å². The van der Waals surface area contributed by atoms with Gasteiger partial charge in [-0.05, 0) is 61.8 Å². The summed E-state index contributed by atoms with van der Waals surface area (Å²) in [7, 11) is 0. The van der Waals surface area contributed by atoms with Gasteiger partial charge in [0.15, 0.2) is 0 Å². The number of ether oxygens (including phenoxy) is 1. The Morgan fingerprint density at radius 2 is 2.16 bits per heavy atom. The topological polar surface area (TPSA) is 74.7 Å². The molecule has 4 rings (SSSR count). The standard InChI is InChI=1S/C24H30ClN3O3/c25-21-9-2-1-8-20(21)22(24(29)30)28-14-12-19(16-28)31-15-4-3-7-18-11-10-17-6-5-13-26-23(17)27-18/h1-2,8-11,19,22H,3-7,12-16H2,(H,26,27)(H,29,30). The van der Waals surface area contributed by atoms with E-state index in [1.54, 1.807) is 12.1 Å². The number of carboxylic acid groups (broad SMARTS) is 1. The summed E-state index contributed by atoms with van der Waals surface area (Å²) in [5.41, 5.74) is 3.09. The molecule has 2 aliphatic heterocycles. The maximum atomic E-state index is 11.9. The van der Waals surface area contributed by atoms with Gasteiger partial charge in [0, 0.05) is 37.0 Å². The van der Waals surface area contributed by atoms with Crippen molar-refractivity contribution in [1.29, 1.82) is 0 Å². The van der Waals surface area contributed by atoms with Crippen molar-refractivity contribution in [3.63, 3.8) is 0 Å². The van der Waals surface area contributed by atoms with Gasteiger partial charge in [-0.15, -0.1) is 0 Å². The summed E-state index contributed by atoms with van der Waals surface area (Å²) < 4.78 is 6.06. The third-order valence-electron chi connectivity index (χ3n) is 6.11. The van der Waals surface area contributed by atoms with Crippen LogP contribution in [-0.4, -0.2) is 53.3 Å². The van der Waals surface area contributed by atoms with E-state index in [1.165, 1.54) is 12.0 Å². The average molecular weight is 444 g/mol. The Balaban J connectivity index is 1.21. The van der Waals surface area contributed by atoms with E-state index in [1.807, 2.05) is 17.0 Å². The fourth-order valence-electron chi connectivity index (χ4n) is 4.47. The molecule has 0 spiro atoms. The van der Waals surface area contributed by atoms with E-state index in [2.05, 4.69) is 17.4 Å². The number of benzene rings is 1. The summed E-state index contributed by atoms with van der Waals surface area (Å²) in [4.78, 5) is 18.6. The van der Waals surface area contributed by atoms with Gasteiger partial charge in [-0.2, -0.15) is 0 Å². The molecular weight excluding hydrogens is 414 g/mol. The lowest BCUT2D eigenvalue weighted by atomic mass is 10.1. The summed E-state index contributed by atoms with van der Waals surface area (Å²) in [6.45, 7) is 3.00. The number of hydrogen-bond acceptors (Lipinski definition) is 5. The van der Waals surface area contributed by atoms with E-state index in [9.17, 15) is 9.90 Å². The largest absolute Gasteiger partial charge is 0.480 e. The first-order valence-corrected chi connectivity index (χ1v) is 11.5. The summed E-state index contributed by atoms with van der Waals surface area (Å²) in [6.07, 6.45) is 6.14. The number of carboxylic acids is 1. The third-order valence-corrected chi connectivity index (χ3v) is 6.45. The number of nitrogens with zero attached hydrogens (tertiary/aromatic N) is 2. The minimum absolute atomic E-state index is 0.0652. The van der Waals surface area contributed by atoms with Gasteiger partial charge in [-0.3, -0.25) is 9.69 Å². The van der Waals surface area contributed by atoms with E-state index in [-0.39, 0.29) is 6.10 Å². The molecule has 6 nitrogen and oxygen atoms in total. The molecule has 1 fully saturated rings. The van der Waals surface area contributed by atoms with Crippen molar-refractivity contribution in [2.75, 3.05) is 31.6 Å². The fraction of sp³-hybridized carbons (Fsp3) is 0.500. The van der Waals surface area contributed by atoms with Crippen LogP contribution in [0.15, 0.2) is 36.4 Å². The number of fused-ring (bicyclic) bond motifs is 1. The van der Waals surface area contributed by atoms with E-state index in [4.69, 9.17) is 21.3 Å². The third kappa shape index (κ3) is 5.56. The van der Waals surface area contributed by atoms with E-state index in [0.29, 0.717) is 30.3 Å². The van der Waals surface area contributed by atoms with Crippen molar-refractivity contribution in [3.05, 3.63) is 58.2 Å². The number of halogens is 1. The zero-order valence-electron chi connectivity index (χ0n) is 17.7. The van der Waals surface area contributed by atoms with E-state index < -0.39 is 12.0 Å². The molecule has 0 bridgehead atoms. The lowest BCUT2D eigenvalue weighted by Crippen LogP contribution is -2.33. The van der Waals surface area contributed by atoms with Crippen LogP contribution in [0.3, 0.4) is 0 Å². The van der Waals surface area contributed by atoms with Crippen LogP contribution in [0.2, 0.25) is 5.02 Å². The number of pyridine rings is 1. The van der Waals surface area contributed by atoms with E-state index >= 15 is 0 Å². The van der Waals surface area contributed by atoms with Crippen molar-refractivity contribution < 1.29 is 14.6 Å². The Hall–Kier alpha value is -2.15. The number of aromatic nitrogens is 1. The zero-order chi connectivity index (χ0) is 21.6. The molecule has 2 aliphatic rings. The molecule has 7 heteroatoms. The van der Waals surface area contributed by atoms with Gasteiger partial charge in [0.25, 0.3) is 0 Å². The number of likely N-dealkylation sites (tertiary alicyclic amines) is 1.